The molecule has 2 atom stereocenters. The normalized spacial score (nSPS) is 21.9. The first kappa shape index (κ1) is 11.1. The smallest absolute Gasteiger partial charge is 0.355 e. The fourth-order valence-electron chi connectivity index (χ4n) is 0.292. The van der Waals surface area contributed by atoms with Crippen molar-refractivity contribution >= 4 is 31.2 Å². The van der Waals surface area contributed by atoms with E-state index in [0.29, 0.717) is 0 Å². The van der Waals surface area contributed by atoms with E-state index in [1.54, 1.807) is 0 Å². The second-order valence-corrected chi connectivity index (χ2v) is 3.10. The van der Waals surface area contributed by atoms with E-state index in [4.69, 9.17) is 21.1 Å². The largest absolute Gasteiger partial charge is 0.478 e. The van der Waals surface area contributed by atoms with E-state index >= 15 is 0 Å². The summed E-state index contributed by atoms with van der Waals surface area (Å²) in [4.78, 5) is 7.96. The number of carboxylic acids is 1. The van der Waals surface area contributed by atoms with Gasteiger partial charge in [-0.3, -0.25) is 5.73 Å². The lowest BCUT2D eigenvalue weighted by Gasteiger charge is -2.31. The quantitative estimate of drug-likeness (QED) is 0.239. The molecule has 0 radical (unpaired) electrons. The Kier molecular flexibility index (Phi) is 3.21. The lowest BCUT2D eigenvalue weighted by atomic mass is 10.1. The van der Waals surface area contributed by atoms with Crippen LogP contribution in [0.15, 0.2) is 0 Å². The van der Waals surface area contributed by atoms with E-state index in [1.165, 1.54) is 0 Å². The standard InChI is InChI=1S/C4H9NO4S2/c5-4(9,2(6)7)3(8,11)1-10/h8-11H,1,5H2,(H,6,7). The van der Waals surface area contributed by atoms with Gasteiger partial charge >= 0.3 is 5.97 Å². The average Bonchev–Trinajstić information content (AvgIpc) is 1.87. The molecule has 7 heteroatoms. The third-order valence-corrected chi connectivity index (χ3v) is 2.36. The molecule has 0 saturated carbocycles. The van der Waals surface area contributed by atoms with E-state index in [2.05, 4.69) is 25.3 Å². The zero-order chi connectivity index (χ0) is 9.28. The Morgan fingerprint density at radius 1 is 1.55 bits per heavy atom. The summed E-state index contributed by atoms with van der Waals surface area (Å²) < 4.78 is 0. The molecule has 0 rings (SSSR count). The minimum absolute atomic E-state index is 0.380. The summed E-state index contributed by atoms with van der Waals surface area (Å²) in [5, 5.41) is 26.3. The molecule has 0 aliphatic heterocycles. The van der Waals surface area contributed by atoms with Crippen molar-refractivity contribution in [2.45, 2.75) is 10.7 Å². The Morgan fingerprint density at radius 2 is 1.91 bits per heavy atom. The molecule has 0 aliphatic carbocycles. The highest BCUT2D eigenvalue weighted by Crippen LogP contribution is 2.23. The van der Waals surface area contributed by atoms with Gasteiger partial charge in [0.1, 0.15) is 0 Å². The van der Waals surface area contributed by atoms with Gasteiger partial charge in [-0.1, -0.05) is 0 Å². The molecule has 0 heterocycles. The van der Waals surface area contributed by atoms with Crippen LogP contribution in [0.3, 0.4) is 0 Å². The third kappa shape index (κ3) is 2.00. The van der Waals surface area contributed by atoms with Crippen molar-refractivity contribution in [1.29, 1.82) is 0 Å². The van der Waals surface area contributed by atoms with Crippen LogP contribution < -0.4 is 5.73 Å². The van der Waals surface area contributed by atoms with Gasteiger partial charge in [0.15, 0.2) is 4.93 Å². The minimum atomic E-state index is -2.79. The maximum Gasteiger partial charge on any atom is 0.355 e. The topological polar surface area (TPSA) is 104 Å². The molecule has 66 valence electrons. The van der Waals surface area contributed by atoms with E-state index < -0.39 is 16.6 Å². The van der Waals surface area contributed by atoms with Gasteiger partial charge in [-0.25, -0.2) is 4.79 Å². The molecular weight excluding hydrogens is 190 g/mol. The van der Waals surface area contributed by atoms with Crippen LogP contribution in [0.2, 0.25) is 0 Å². The first-order valence-corrected chi connectivity index (χ1v) is 3.64. The van der Waals surface area contributed by atoms with Crippen LogP contribution in [0.4, 0.5) is 0 Å². The molecule has 0 bridgehead atoms. The summed E-state index contributed by atoms with van der Waals surface area (Å²) in [5.74, 6) is -2.14. The van der Waals surface area contributed by atoms with Gasteiger partial charge in [0.05, 0.1) is 0 Å². The molecule has 5 N–H and O–H groups in total. The molecule has 0 aromatic carbocycles. The zero-order valence-corrected chi connectivity index (χ0v) is 7.22. The predicted octanol–water partition coefficient (Wildman–Crippen LogP) is -1.73. The van der Waals surface area contributed by atoms with Gasteiger partial charge < -0.3 is 15.3 Å². The van der Waals surface area contributed by atoms with Crippen LogP contribution in [-0.4, -0.2) is 37.7 Å². The Hall–Kier alpha value is 0.0500. The first-order valence-electron chi connectivity index (χ1n) is 2.56. The summed E-state index contributed by atoms with van der Waals surface area (Å²) in [6.07, 6.45) is 0. The van der Waals surface area contributed by atoms with Crippen LogP contribution in [0.1, 0.15) is 0 Å². The Labute approximate surface area is 74.0 Å². The van der Waals surface area contributed by atoms with E-state index in [9.17, 15) is 4.79 Å². The molecule has 0 aromatic rings. The van der Waals surface area contributed by atoms with Crippen molar-refractivity contribution in [3.63, 3.8) is 0 Å². The van der Waals surface area contributed by atoms with Crippen molar-refractivity contribution in [2.24, 2.45) is 5.73 Å². The van der Waals surface area contributed by atoms with Crippen LogP contribution in [0, 0.1) is 0 Å². The molecule has 5 nitrogen and oxygen atoms in total. The molecular formula is C4H9NO4S2. The maximum atomic E-state index is 10.2. The van der Waals surface area contributed by atoms with Crippen LogP contribution in [0.5, 0.6) is 0 Å². The number of carbonyl (C=O) groups is 1. The van der Waals surface area contributed by atoms with Gasteiger partial charge in [-0.05, 0) is 0 Å². The van der Waals surface area contributed by atoms with Crippen LogP contribution in [-0.2, 0) is 4.79 Å². The Bertz CT molecular complexity index is 169. The molecule has 0 fully saturated rings. The van der Waals surface area contributed by atoms with Crippen molar-refractivity contribution in [3.05, 3.63) is 0 Å². The molecule has 0 saturated heterocycles. The molecule has 2 unspecified atom stereocenters. The van der Waals surface area contributed by atoms with Gasteiger partial charge in [0.25, 0.3) is 5.72 Å². The zero-order valence-electron chi connectivity index (χ0n) is 5.43. The number of aliphatic hydroxyl groups is 2. The van der Waals surface area contributed by atoms with Gasteiger partial charge in [-0.15, -0.1) is 12.6 Å². The third-order valence-electron chi connectivity index (χ3n) is 1.16. The van der Waals surface area contributed by atoms with Crippen molar-refractivity contribution < 1.29 is 20.1 Å². The van der Waals surface area contributed by atoms with Gasteiger partial charge in [0.2, 0.25) is 0 Å². The predicted molar refractivity (Wildman–Crippen MR) is 44.6 cm³/mol. The summed E-state index contributed by atoms with van der Waals surface area (Å²) in [5.41, 5.74) is 2.03. The van der Waals surface area contributed by atoms with Gasteiger partial charge in [-0.2, -0.15) is 12.6 Å². The number of thiol groups is 2. The maximum absolute atomic E-state index is 10.2. The average molecular weight is 199 g/mol. The number of rotatable bonds is 3. The number of carboxylic acid groups (broad SMARTS) is 1. The summed E-state index contributed by atoms with van der Waals surface area (Å²) in [6, 6.07) is 0. The molecule has 0 spiro atoms. The van der Waals surface area contributed by atoms with Crippen LogP contribution >= 0.6 is 25.3 Å². The second kappa shape index (κ2) is 3.20. The summed E-state index contributed by atoms with van der Waals surface area (Å²) in [6.45, 7) is 0. The Morgan fingerprint density at radius 3 is 2.00 bits per heavy atom. The molecule has 11 heavy (non-hydrogen) atoms. The summed E-state index contributed by atoms with van der Waals surface area (Å²) in [7, 11) is 0. The molecule has 0 aromatic heterocycles. The fraction of sp³-hybridized carbons (Fsp3) is 0.750. The first-order chi connectivity index (χ1) is 4.75. The lowest BCUT2D eigenvalue weighted by Crippen LogP contribution is -2.64. The molecule has 0 amide bonds. The monoisotopic (exact) mass is 199 g/mol. The Balaban J connectivity index is 4.67. The molecule has 0 aliphatic rings. The second-order valence-electron chi connectivity index (χ2n) is 2.05. The number of aliphatic carboxylic acids is 1. The lowest BCUT2D eigenvalue weighted by molar-refractivity contribution is -0.172. The highest BCUT2D eigenvalue weighted by atomic mass is 32.1. The van der Waals surface area contributed by atoms with Crippen molar-refractivity contribution in [1.82, 2.24) is 0 Å². The van der Waals surface area contributed by atoms with E-state index in [-0.39, 0.29) is 5.75 Å². The highest BCUT2D eigenvalue weighted by Gasteiger charge is 2.49. The minimum Gasteiger partial charge on any atom is -0.478 e. The summed E-state index contributed by atoms with van der Waals surface area (Å²) >= 11 is 6.99. The SMILES string of the molecule is NC(O)(C(=O)O)C(O)(S)CS. The van der Waals surface area contributed by atoms with Crippen molar-refractivity contribution in [3.8, 4) is 0 Å². The number of hydrogen-bond donors (Lipinski definition) is 6. The number of hydrogen-bond acceptors (Lipinski definition) is 6. The fourth-order valence-corrected chi connectivity index (χ4v) is 0.628. The number of nitrogens with two attached hydrogens (primary N) is 1. The van der Waals surface area contributed by atoms with E-state index in [1.807, 2.05) is 0 Å². The highest BCUT2D eigenvalue weighted by molar-refractivity contribution is 7.85. The van der Waals surface area contributed by atoms with Crippen molar-refractivity contribution in [2.75, 3.05) is 5.75 Å². The van der Waals surface area contributed by atoms with Crippen LogP contribution in [0.25, 0.3) is 0 Å². The van der Waals surface area contributed by atoms with Gasteiger partial charge in [0, 0.05) is 5.75 Å². The van der Waals surface area contributed by atoms with E-state index in [0.717, 1.165) is 0 Å².